The molecule has 5 nitrogen and oxygen atoms in total. The number of carbonyl (C=O) groups is 1. The van der Waals surface area contributed by atoms with E-state index in [4.69, 9.17) is 4.42 Å². The largest absolute Gasteiger partial charge is 0.459 e. The molecule has 1 unspecified atom stereocenters. The molecule has 2 aromatic carbocycles. The summed E-state index contributed by atoms with van der Waals surface area (Å²) in [6.45, 7) is 3.22. The van der Waals surface area contributed by atoms with E-state index in [1.165, 1.54) is 42.5 Å². The van der Waals surface area contributed by atoms with Crippen molar-refractivity contribution in [3.63, 3.8) is 0 Å². The molecule has 0 N–H and O–H groups in total. The fourth-order valence-corrected chi connectivity index (χ4v) is 3.96. The maximum absolute atomic E-state index is 12.8. The van der Waals surface area contributed by atoms with Crippen LogP contribution in [-0.4, -0.2) is 25.6 Å². The van der Waals surface area contributed by atoms with Gasteiger partial charge < -0.3 is 4.42 Å². The quantitative estimate of drug-likeness (QED) is 0.647. The fraction of sp³-hybridized carbons (Fsp3) is 0.211. The number of nitrogens with zero attached hydrogens (tertiary/aromatic N) is 1. The summed E-state index contributed by atoms with van der Waals surface area (Å²) in [6.07, 6.45) is 0. The minimum atomic E-state index is -3.70. The highest BCUT2D eigenvalue weighted by atomic mass is 32.2. The molecule has 3 rings (SSSR count). The van der Waals surface area contributed by atoms with Crippen LogP contribution in [0, 0.1) is 0 Å². The molecule has 0 saturated carbocycles. The standard InChI is InChI=1S/C19H19NO4S/c1-13(19-12-16-6-4-5-7-18(16)24-19)20(3)25(22,23)17-10-8-15(9-11-17)14(2)21/h4-13H,1-3H3. The lowest BCUT2D eigenvalue weighted by Crippen LogP contribution is -2.29. The second-order valence-corrected chi connectivity index (χ2v) is 7.96. The number of carbonyl (C=O) groups excluding carboxylic acids is 1. The Morgan fingerprint density at radius 2 is 1.72 bits per heavy atom. The van der Waals surface area contributed by atoms with Crippen molar-refractivity contribution in [3.8, 4) is 0 Å². The summed E-state index contributed by atoms with van der Waals surface area (Å²) in [5.41, 5.74) is 1.20. The highest BCUT2D eigenvalue weighted by Gasteiger charge is 2.28. The van der Waals surface area contributed by atoms with Crippen molar-refractivity contribution in [2.45, 2.75) is 24.8 Å². The zero-order valence-corrected chi connectivity index (χ0v) is 15.1. The van der Waals surface area contributed by atoms with Gasteiger partial charge in [0.1, 0.15) is 11.3 Å². The Labute approximate surface area is 146 Å². The molecule has 0 spiro atoms. The van der Waals surface area contributed by atoms with E-state index in [0.29, 0.717) is 11.3 Å². The minimum Gasteiger partial charge on any atom is -0.459 e. The van der Waals surface area contributed by atoms with Crippen molar-refractivity contribution in [2.24, 2.45) is 0 Å². The van der Waals surface area contributed by atoms with Gasteiger partial charge in [-0.2, -0.15) is 4.31 Å². The van der Waals surface area contributed by atoms with Crippen molar-refractivity contribution in [2.75, 3.05) is 7.05 Å². The van der Waals surface area contributed by atoms with Gasteiger partial charge in [-0.25, -0.2) is 8.42 Å². The van der Waals surface area contributed by atoms with E-state index in [2.05, 4.69) is 0 Å². The van der Waals surface area contributed by atoms with Crippen molar-refractivity contribution < 1.29 is 17.6 Å². The van der Waals surface area contributed by atoms with Crippen molar-refractivity contribution >= 4 is 26.8 Å². The van der Waals surface area contributed by atoms with Crippen molar-refractivity contribution in [1.82, 2.24) is 4.31 Å². The zero-order chi connectivity index (χ0) is 18.2. The average Bonchev–Trinajstić information content (AvgIpc) is 3.04. The van der Waals surface area contributed by atoms with Gasteiger partial charge in [0.2, 0.25) is 10.0 Å². The lowest BCUT2D eigenvalue weighted by molar-refractivity contribution is 0.101. The first kappa shape index (κ1) is 17.4. The van der Waals surface area contributed by atoms with Crippen LogP contribution in [-0.2, 0) is 10.0 Å². The first-order chi connectivity index (χ1) is 11.8. The van der Waals surface area contributed by atoms with Gasteiger partial charge in [0, 0.05) is 18.0 Å². The summed E-state index contributed by atoms with van der Waals surface area (Å²) < 4.78 is 32.7. The van der Waals surface area contributed by atoms with Gasteiger partial charge in [0.05, 0.1) is 10.9 Å². The number of fused-ring (bicyclic) bond motifs is 1. The molecule has 0 aliphatic heterocycles. The lowest BCUT2D eigenvalue weighted by atomic mass is 10.2. The Bertz CT molecular complexity index is 986. The molecule has 25 heavy (non-hydrogen) atoms. The van der Waals surface area contributed by atoms with Crippen LogP contribution in [0.25, 0.3) is 11.0 Å². The topological polar surface area (TPSA) is 67.6 Å². The smallest absolute Gasteiger partial charge is 0.243 e. The summed E-state index contributed by atoms with van der Waals surface area (Å²) in [4.78, 5) is 11.5. The molecule has 0 amide bonds. The molecular formula is C19H19NO4S. The van der Waals surface area contributed by atoms with Crippen molar-refractivity contribution in [3.05, 3.63) is 65.9 Å². The van der Waals surface area contributed by atoms with E-state index in [0.717, 1.165) is 11.0 Å². The fourth-order valence-electron chi connectivity index (χ4n) is 2.62. The van der Waals surface area contributed by atoms with Crippen LogP contribution in [0.4, 0.5) is 0 Å². The SMILES string of the molecule is CC(=O)c1ccc(S(=O)(=O)N(C)C(C)c2cc3ccccc3o2)cc1. The van der Waals surface area contributed by atoms with Crippen LogP contribution in [0.5, 0.6) is 0 Å². The molecule has 6 heteroatoms. The number of ketones is 1. The van der Waals surface area contributed by atoms with Crippen LogP contribution < -0.4 is 0 Å². The summed E-state index contributed by atoms with van der Waals surface area (Å²) in [5, 5.41) is 0.931. The highest BCUT2D eigenvalue weighted by Crippen LogP contribution is 2.30. The van der Waals surface area contributed by atoms with E-state index in [-0.39, 0.29) is 10.7 Å². The van der Waals surface area contributed by atoms with Crippen LogP contribution in [0.3, 0.4) is 0 Å². The highest BCUT2D eigenvalue weighted by molar-refractivity contribution is 7.89. The van der Waals surface area contributed by atoms with E-state index < -0.39 is 16.1 Å². The third-order valence-electron chi connectivity index (χ3n) is 4.34. The van der Waals surface area contributed by atoms with Crippen molar-refractivity contribution in [1.29, 1.82) is 0 Å². The third-order valence-corrected chi connectivity index (χ3v) is 6.28. The molecule has 1 aromatic heterocycles. The minimum absolute atomic E-state index is 0.104. The molecule has 0 radical (unpaired) electrons. The Balaban J connectivity index is 1.91. The molecule has 0 bridgehead atoms. The molecule has 0 fully saturated rings. The summed E-state index contributed by atoms with van der Waals surface area (Å²) in [6, 6.07) is 14.9. The summed E-state index contributed by atoms with van der Waals surface area (Å²) >= 11 is 0. The van der Waals surface area contributed by atoms with Crippen LogP contribution in [0.15, 0.2) is 63.9 Å². The number of Topliss-reactive ketones (excluding diaryl/α,β-unsaturated/α-hetero) is 1. The number of hydrogen-bond acceptors (Lipinski definition) is 4. The summed E-state index contributed by atoms with van der Waals surface area (Å²) in [7, 11) is -2.18. The van der Waals surface area contributed by atoms with Gasteiger partial charge in [0.15, 0.2) is 5.78 Å². The molecule has 3 aromatic rings. The number of hydrogen-bond donors (Lipinski definition) is 0. The number of para-hydroxylation sites is 1. The zero-order valence-electron chi connectivity index (χ0n) is 14.3. The second-order valence-electron chi connectivity index (χ2n) is 5.96. The monoisotopic (exact) mass is 357 g/mol. The Morgan fingerprint density at radius 3 is 2.32 bits per heavy atom. The lowest BCUT2D eigenvalue weighted by Gasteiger charge is -2.22. The number of furan rings is 1. The van der Waals surface area contributed by atoms with Gasteiger partial charge in [-0.05, 0) is 38.1 Å². The summed E-state index contributed by atoms with van der Waals surface area (Å²) in [5.74, 6) is 0.473. The predicted molar refractivity (Wildman–Crippen MR) is 96.0 cm³/mol. The van der Waals surface area contributed by atoms with Crippen LogP contribution >= 0.6 is 0 Å². The van der Waals surface area contributed by atoms with E-state index in [1.807, 2.05) is 30.3 Å². The molecule has 0 aliphatic carbocycles. The Kier molecular flexibility index (Phi) is 4.49. The maximum atomic E-state index is 12.8. The number of sulfonamides is 1. The predicted octanol–water partition coefficient (Wildman–Crippen LogP) is 4.02. The Hall–Kier alpha value is -2.44. The first-order valence-corrected chi connectivity index (χ1v) is 9.32. The van der Waals surface area contributed by atoms with Crippen LogP contribution in [0.2, 0.25) is 0 Å². The van der Waals surface area contributed by atoms with Gasteiger partial charge in [-0.1, -0.05) is 30.3 Å². The van der Waals surface area contributed by atoms with Crippen LogP contribution in [0.1, 0.15) is 36.0 Å². The third kappa shape index (κ3) is 3.23. The molecule has 1 heterocycles. The number of rotatable bonds is 5. The molecule has 130 valence electrons. The normalized spacial score (nSPS) is 13.3. The Morgan fingerprint density at radius 1 is 1.08 bits per heavy atom. The van der Waals surface area contributed by atoms with E-state index >= 15 is 0 Å². The van der Waals surface area contributed by atoms with Gasteiger partial charge in [-0.3, -0.25) is 4.79 Å². The maximum Gasteiger partial charge on any atom is 0.243 e. The molecule has 1 atom stereocenters. The second kappa shape index (κ2) is 6.46. The first-order valence-electron chi connectivity index (χ1n) is 7.88. The number of benzene rings is 2. The molecule has 0 saturated heterocycles. The van der Waals surface area contributed by atoms with E-state index in [9.17, 15) is 13.2 Å². The van der Waals surface area contributed by atoms with Gasteiger partial charge >= 0.3 is 0 Å². The van der Waals surface area contributed by atoms with Gasteiger partial charge in [-0.15, -0.1) is 0 Å². The molecular weight excluding hydrogens is 338 g/mol. The van der Waals surface area contributed by atoms with Gasteiger partial charge in [0.25, 0.3) is 0 Å². The molecule has 0 aliphatic rings. The average molecular weight is 357 g/mol. The van der Waals surface area contributed by atoms with E-state index in [1.54, 1.807) is 6.92 Å².